The van der Waals surface area contributed by atoms with Crippen molar-refractivity contribution >= 4 is 11.8 Å². The van der Waals surface area contributed by atoms with Gasteiger partial charge >= 0.3 is 5.97 Å². The average molecular weight is 290 g/mol. The van der Waals surface area contributed by atoms with Crippen LogP contribution in [0.4, 0.5) is 0 Å². The molecule has 1 aliphatic heterocycles. The number of carbonyl (C=O) groups excluding carboxylic acids is 2. The lowest BCUT2D eigenvalue weighted by atomic mass is 9.74. The zero-order valence-corrected chi connectivity index (χ0v) is 12.9. The van der Waals surface area contributed by atoms with E-state index in [9.17, 15) is 9.59 Å². The lowest BCUT2D eigenvalue weighted by molar-refractivity contribution is -0.169. The highest BCUT2D eigenvalue weighted by atomic mass is 16.5. The number of benzene rings is 1. The molecule has 0 bridgehead atoms. The van der Waals surface area contributed by atoms with Gasteiger partial charge in [0.05, 0.1) is 19.8 Å². The second kappa shape index (κ2) is 6.39. The number of rotatable bonds is 4. The number of ether oxygens (including phenoxy) is 2. The first-order valence-corrected chi connectivity index (χ1v) is 7.34. The highest BCUT2D eigenvalue weighted by Crippen LogP contribution is 2.33. The maximum Gasteiger partial charge on any atom is 0.322 e. The predicted molar refractivity (Wildman–Crippen MR) is 79.1 cm³/mol. The van der Waals surface area contributed by atoms with E-state index < -0.39 is 11.4 Å². The highest BCUT2D eigenvalue weighted by molar-refractivity contribution is 6.04. The van der Waals surface area contributed by atoms with Gasteiger partial charge in [0.2, 0.25) is 0 Å². The molecule has 0 amide bonds. The Morgan fingerprint density at radius 3 is 2.57 bits per heavy atom. The van der Waals surface area contributed by atoms with Gasteiger partial charge < -0.3 is 9.47 Å². The summed E-state index contributed by atoms with van der Waals surface area (Å²) in [6, 6.07) is 5.97. The minimum atomic E-state index is -1.19. The van der Waals surface area contributed by atoms with Crippen molar-refractivity contribution in [2.75, 3.05) is 19.8 Å². The monoisotopic (exact) mass is 290 g/mol. The number of carbonyl (C=O) groups is 2. The van der Waals surface area contributed by atoms with Crippen LogP contribution < -0.4 is 0 Å². The standard InChI is InChI=1S/C17H22O4/c1-4-21-16(19)17(11-20-9-8-15(17)18)10-14-12(2)6-5-7-13(14)3/h5-7H,4,8-11H2,1-3H3. The fourth-order valence-corrected chi connectivity index (χ4v) is 2.82. The Hall–Kier alpha value is -1.68. The topological polar surface area (TPSA) is 52.6 Å². The van der Waals surface area contributed by atoms with E-state index in [-0.39, 0.29) is 25.4 Å². The van der Waals surface area contributed by atoms with Crippen LogP contribution in [0.5, 0.6) is 0 Å². The molecule has 1 heterocycles. The number of aryl methyl sites for hydroxylation is 2. The van der Waals surface area contributed by atoms with E-state index in [1.54, 1.807) is 6.92 Å². The zero-order valence-electron chi connectivity index (χ0n) is 12.9. The van der Waals surface area contributed by atoms with Crippen LogP contribution in [0.15, 0.2) is 18.2 Å². The van der Waals surface area contributed by atoms with Crippen molar-refractivity contribution < 1.29 is 19.1 Å². The minimum Gasteiger partial charge on any atom is -0.465 e. The van der Waals surface area contributed by atoms with E-state index in [1.165, 1.54) is 0 Å². The first kappa shape index (κ1) is 15.7. The summed E-state index contributed by atoms with van der Waals surface area (Å²) in [5, 5.41) is 0. The Bertz CT molecular complexity index is 529. The van der Waals surface area contributed by atoms with Crippen LogP contribution in [0, 0.1) is 19.3 Å². The third-order valence-corrected chi connectivity index (χ3v) is 4.14. The molecule has 4 nitrogen and oxygen atoms in total. The van der Waals surface area contributed by atoms with Crippen molar-refractivity contribution in [3.63, 3.8) is 0 Å². The Morgan fingerprint density at radius 2 is 2.00 bits per heavy atom. The summed E-state index contributed by atoms with van der Waals surface area (Å²) < 4.78 is 10.6. The van der Waals surface area contributed by atoms with E-state index in [0.717, 1.165) is 16.7 Å². The first-order valence-electron chi connectivity index (χ1n) is 7.34. The van der Waals surface area contributed by atoms with E-state index in [2.05, 4.69) is 0 Å². The molecule has 2 rings (SSSR count). The fourth-order valence-electron chi connectivity index (χ4n) is 2.82. The van der Waals surface area contributed by atoms with Crippen molar-refractivity contribution in [2.24, 2.45) is 5.41 Å². The molecule has 4 heteroatoms. The maximum absolute atomic E-state index is 12.5. The van der Waals surface area contributed by atoms with Crippen molar-refractivity contribution in [1.82, 2.24) is 0 Å². The summed E-state index contributed by atoms with van der Waals surface area (Å²) in [5.74, 6) is -0.535. The van der Waals surface area contributed by atoms with E-state index >= 15 is 0 Å². The largest absolute Gasteiger partial charge is 0.465 e. The van der Waals surface area contributed by atoms with Gasteiger partial charge in [0.25, 0.3) is 0 Å². The van der Waals surface area contributed by atoms with Crippen LogP contribution in [-0.4, -0.2) is 31.6 Å². The average Bonchev–Trinajstić information content (AvgIpc) is 2.45. The van der Waals surface area contributed by atoms with Crippen LogP contribution in [0.1, 0.15) is 30.0 Å². The molecule has 1 unspecified atom stereocenters. The van der Waals surface area contributed by atoms with Crippen LogP contribution in [0.3, 0.4) is 0 Å². The van der Waals surface area contributed by atoms with Gasteiger partial charge in [-0.25, -0.2) is 0 Å². The van der Waals surface area contributed by atoms with Crippen LogP contribution >= 0.6 is 0 Å². The lowest BCUT2D eigenvalue weighted by Crippen LogP contribution is -2.49. The number of Topliss-reactive ketones (excluding diaryl/α,β-unsaturated/α-hetero) is 1. The normalized spacial score (nSPS) is 22.1. The third-order valence-electron chi connectivity index (χ3n) is 4.14. The lowest BCUT2D eigenvalue weighted by Gasteiger charge is -2.34. The van der Waals surface area contributed by atoms with E-state index in [1.807, 2.05) is 32.0 Å². The Labute approximate surface area is 125 Å². The molecule has 1 aromatic rings. The molecule has 114 valence electrons. The second-order valence-electron chi connectivity index (χ2n) is 5.58. The van der Waals surface area contributed by atoms with Gasteiger partial charge in [-0.3, -0.25) is 9.59 Å². The number of hydrogen-bond acceptors (Lipinski definition) is 4. The molecular formula is C17H22O4. The first-order chi connectivity index (χ1) is 10.0. The molecule has 1 atom stereocenters. The van der Waals surface area contributed by atoms with Crippen LogP contribution in [-0.2, 0) is 25.5 Å². The van der Waals surface area contributed by atoms with Crippen molar-refractivity contribution in [3.8, 4) is 0 Å². The molecule has 0 radical (unpaired) electrons. The number of hydrogen-bond donors (Lipinski definition) is 0. The fraction of sp³-hybridized carbons (Fsp3) is 0.529. The van der Waals surface area contributed by atoms with E-state index in [0.29, 0.717) is 13.0 Å². The van der Waals surface area contributed by atoms with E-state index in [4.69, 9.17) is 9.47 Å². The van der Waals surface area contributed by atoms with Gasteiger partial charge in [0, 0.05) is 6.42 Å². The summed E-state index contributed by atoms with van der Waals surface area (Å²) >= 11 is 0. The predicted octanol–water partition coefficient (Wildman–Crippen LogP) is 2.38. The molecule has 1 aliphatic rings. The smallest absolute Gasteiger partial charge is 0.322 e. The summed E-state index contributed by atoms with van der Waals surface area (Å²) in [6.45, 7) is 6.50. The van der Waals surface area contributed by atoms with Crippen molar-refractivity contribution in [2.45, 2.75) is 33.6 Å². The summed E-state index contributed by atoms with van der Waals surface area (Å²) in [4.78, 5) is 24.9. The number of ketones is 1. The van der Waals surface area contributed by atoms with Gasteiger partial charge in [-0.15, -0.1) is 0 Å². The summed E-state index contributed by atoms with van der Waals surface area (Å²) in [5.41, 5.74) is 2.00. The molecule has 1 fully saturated rings. The van der Waals surface area contributed by atoms with Gasteiger partial charge in [-0.1, -0.05) is 18.2 Å². The van der Waals surface area contributed by atoms with Crippen molar-refractivity contribution in [3.05, 3.63) is 34.9 Å². The molecule has 1 saturated heterocycles. The highest BCUT2D eigenvalue weighted by Gasteiger charge is 2.49. The molecule has 0 N–H and O–H groups in total. The summed E-state index contributed by atoms with van der Waals surface area (Å²) in [6.07, 6.45) is 0.618. The minimum absolute atomic E-state index is 0.0742. The quantitative estimate of drug-likeness (QED) is 0.631. The SMILES string of the molecule is CCOC(=O)C1(Cc2c(C)cccc2C)COCCC1=O. The van der Waals surface area contributed by atoms with Gasteiger partial charge in [0.15, 0.2) is 11.2 Å². The van der Waals surface area contributed by atoms with Crippen LogP contribution in [0.25, 0.3) is 0 Å². The summed E-state index contributed by atoms with van der Waals surface area (Å²) in [7, 11) is 0. The molecule has 0 aliphatic carbocycles. The number of esters is 1. The Balaban J connectivity index is 2.41. The van der Waals surface area contributed by atoms with Gasteiger partial charge in [-0.05, 0) is 43.9 Å². The van der Waals surface area contributed by atoms with Gasteiger partial charge in [0.1, 0.15) is 0 Å². The Kier molecular flexibility index (Phi) is 4.78. The zero-order chi connectivity index (χ0) is 15.5. The molecular weight excluding hydrogens is 268 g/mol. The molecule has 1 aromatic carbocycles. The molecule has 0 aromatic heterocycles. The molecule has 0 saturated carbocycles. The molecule has 0 spiro atoms. The second-order valence-corrected chi connectivity index (χ2v) is 5.58. The molecule has 21 heavy (non-hydrogen) atoms. The van der Waals surface area contributed by atoms with Crippen LogP contribution in [0.2, 0.25) is 0 Å². The maximum atomic E-state index is 12.5. The van der Waals surface area contributed by atoms with Crippen molar-refractivity contribution in [1.29, 1.82) is 0 Å². The third kappa shape index (κ3) is 3.00. The van der Waals surface area contributed by atoms with Gasteiger partial charge in [-0.2, -0.15) is 0 Å². The Morgan fingerprint density at radius 1 is 1.33 bits per heavy atom.